The van der Waals surface area contributed by atoms with Crippen LogP contribution in [0.5, 0.6) is 0 Å². The summed E-state index contributed by atoms with van der Waals surface area (Å²) in [6.45, 7) is 4.19. The molecular weight excluding hydrogens is 366 g/mol. The smallest absolute Gasteiger partial charge is 0.257 e. The third-order valence-corrected chi connectivity index (χ3v) is 5.57. The summed E-state index contributed by atoms with van der Waals surface area (Å²) >= 11 is 0. The second kappa shape index (κ2) is 9.54. The Kier molecular flexibility index (Phi) is 6.86. The molecule has 0 aliphatic heterocycles. The predicted octanol–water partition coefficient (Wildman–Crippen LogP) is 3.42. The molecule has 1 aliphatic rings. The SMILES string of the molecule is CCC(C)NC(=O)c1cn(C2CCCC2)cc(C(=O)NCc2ccccc2)c1=O. The van der Waals surface area contributed by atoms with Gasteiger partial charge in [-0.05, 0) is 31.7 Å². The van der Waals surface area contributed by atoms with Gasteiger partial charge in [0.2, 0.25) is 5.43 Å². The number of nitrogens with one attached hydrogen (secondary N) is 2. The summed E-state index contributed by atoms with van der Waals surface area (Å²) in [7, 11) is 0. The third kappa shape index (κ3) is 5.13. The molecule has 1 aliphatic carbocycles. The van der Waals surface area contributed by atoms with Crippen molar-refractivity contribution in [2.75, 3.05) is 0 Å². The molecule has 1 unspecified atom stereocenters. The molecule has 2 aromatic rings. The van der Waals surface area contributed by atoms with Crippen molar-refractivity contribution in [3.63, 3.8) is 0 Å². The fraction of sp³-hybridized carbons (Fsp3) is 0.435. The molecule has 2 N–H and O–H groups in total. The van der Waals surface area contributed by atoms with Crippen molar-refractivity contribution in [2.24, 2.45) is 0 Å². The number of carbonyl (C=O) groups excluding carboxylic acids is 2. The maximum Gasteiger partial charge on any atom is 0.257 e. The summed E-state index contributed by atoms with van der Waals surface area (Å²) in [5.41, 5.74) is 0.474. The maximum absolute atomic E-state index is 13.0. The van der Waals surface area contributed by atoms with E-state index in [1.54, 1.807) is 12.4 Å². The largest absolute Gasteiger partial charge is 0.349 e. The molecule has 1 heterocycles. The minimum atomic E-state index is -0.523. The number of carbonyl (C=O) groups is 2. The van der Waals surface area contributed by atoms with Crippen LogP contribution in [-0.2, 0) is 6.54 Å². The van der Waals surface area contributed by atoms with E-state index in [4.69, 9.17) is 0 Å². The number of benzene rings is 1. The van der Waals surface area contributed by atoms with Gasteiger partial charge in [-0.25, -0.2) is 0 Å². The van der Waals surface area contributed by atoms with E-state index in [0.717, 1.165) is 37.7 Å². The summed E-state index contributed by atoms with van der Waals surface area (Å²) in [4.78, 5) is 38.5. The zero-order chi connectivity index (χ0) is 20.8. The lowest BCUT2D eigenvalue weighted by molar-refractivity contribution is 0.0937. The van der Waals surface area contributed by atoms with Crippen molar-refractivity contribution in [3.05, 3.63) is 69.6 Å². The van der Waals surface area contributed by atoms with Gasteiger partial charge in [0.1, 0.15) is 11.1 Å². The van der Waals surface area contributed by atoms with Gasteiger partial charge in [-0.3, -0.25) is 14.4 Å². The summed E-state index contributed by atoms with van der Waals surface area (Å²) in [6.07, 6.45) is 8.19. The number of hydrogen-bond donors (Lipinski definition) is 2. The molecule has 0 radical (unpaired) electrons. The number of pyridine rings is 1. The van der Waals surface area contributed by atoms with Crippen LogP contribution in [0.15, 0.2) is 47.5 Å². The maximum atomic E-state index is 13.0. The van der Waals surface area contributed by atoms with Crippen LogP contribution in [0, 0.1) is 0 Å². The fourth-order valence-electron chi connectivity index (χ4n) is 3.61. The van der Waals surface area contributed by atoms with Gasteiger partial charge in [0.15, 0.2) is 0 Å². The Bertz CT molecular complexity index is 915. The van der Waals surface area contributed by atoms with Gasteiger partial charge in [0.05, 0.1) is 0 Å². The van der Waals surface area contributed by atoms with Crippen LogP contribution in [-0.4, -0.2) is 22.4 Å². The van der Waals surface area contributed by atoms with Crippen molar-refractivity contribution >= 4 is 11.8 Å². The van der Waals surface area contributed by atoms with E-state index in [9.17, 15) is 14.4 Å². The van der Waals surface area contributed by atoms with E-state index in [0.29, 0.717) is 6.54 Å². The van der Waals surface area contributed by atoms with Crippen molar-refractivity contribution < 1.29 is 9.59 Å². The quantitative estimate of drug-likeness (QED) is 0.754. The molecule has 2 amide bonds. The number of hydrogen-bond acceptors (Lipinski definition) is 3. The zero-order valence-electron chi connectivity index (χ0n) is 17.1. The highest BCUT2D eigenvalue weighted by Crippen LogP contribution is 2.29. The summed E-state index contributed by atoms with van der Waals surface area (Å²) in [5.74, 6) is -0.877. The second-order valence-corrected chi connectivity index (χ2v) is 7.75. The molecule has 1 fully saturated rings. The summed E-state index contributed by atoms with van der Waals surface area (Å²) in [6, 6.07) is 9.69. The molecule has 0 spiro atoms. The standard InChI is InChI=1S/C23H29N3O3/c1-3-16(2)25-23(29)20-15-26(18-11-7-8-12-18)14-19(21(20)27)22(28)24-13-17-9-5-4-6-10-17/h4-6,9-10,14-16,18H,3,7-8,11-13H2,1-2H3,(H,24,28)(H,25,29). The Morgan fingerprint density at radius 1 is 1.07 bits per heavy atom. The van der Waals surface area contributed by atoms with E-state index in [-0.39, 0.29) is 23.2 Å². The number of nitrogens with zero attached hydrogens (tertiary/aromatic N) is 1. The van der Waals surface area contributed by atoms with E-state index in [1.165, 1.54) is 0 Å². The molecule has 3 rings (SSSR count). The molecule has 1 atom stereocenters. The van der Waals surface area contributed by atoms with Gasteiger partial charge in [-0.1, -0.05) is 50.1 Å². The topological polar surface area (TPSA) is 80.2 Å². The van der Waals surface area contributed by atoms with Gasteiger partial charge in [-0.15, -0.1) is 0 Å². The molecule has 1 aromatic carbocycles. The van der Waals surface area contributed by atoms with Gasteiger partial charge in [0, 0.05) is 31.0 Å². The average molecular weight is 396 g/mol. The average Bonchev–Trinajstić information content (AvgIpc) is 3.27. The van der Waals surface area contributed by atoms with Crippen LogP contribution >= 0.6 is 0 Å². The van der Waals surface area contributed by atoms with E-state index < -0.39 is 17.2 Å². The van der Waals surface area contributed by atoms with Gasteiger partial charge < -0.3 is 15.2 Å². The molecule has 29 heavy (non-hydrogen) atoms. The summed E-state index contributed by atoms with van der Waals surface area (Å²) in [5, 5.41) is 5.65. The molecule has 6 nitrogen and oxygen atoms in total. The van der Waals surface area contributed by atoms with Gasteiger partial charge in [-0.2, -0.15) is 0 Å². The molecular formula is C23H29N3O3. The third-order valence-electron chi connectivity index (χ3n) is 5.57. The first-order valence-corrected chi connectivity index (χ1v) is 10.4. The molecule has 154 valence electrons. The van der Waals surface area contributed by atoms with Crippen molar-refractivity contribution in [1.82, 2.24) is 15.2 Å². The Morgan fingerprint density at radius 3 is 2.31 bits per heavy atom. The molecule has 1 aromatic heterocycles. The minimum Gasteiger partial charge on any atom is -0.349 e. The lowest BCUT2D eigenvalue weighted by Crippen LogP contribution is -2.38. The molecule has 1 saturated carbocycles. The highest BCUT2D eigenvalue weighted by Gasteiger charge is 2.23. The normalized spacial score (nSPS) is 15.1. The van der Waals surface area contributed by atoms with Crippen molar-refractivity contribution in [1.29, 1.82) is 0 Å². The predicted molar refractivity (Wildman–Crippen MR) is 113 cm³/mol. The van der Waals surface area contributed by atoms with Crippen LogP contribution < -0.4 is 16.1 Å². The van der Waals surface area contributed by atoms with E-state index >= 15 is 0 Å². The number of amides is 2. The monoisotopic (exact) mass is 395 g/mol. The summed E-state index contributed by atoms with van der Waals surface area (Å²) < 4.78 is 1.89. The number of rotatable bonds is 7. The highest BCUT2D eigenvalue weighted by molar-refractivity contribution is 5.99. The van der Waals surface area contributed by atoms with Crippen LogP contribution in [0.4, 0.5) is 0 Å². The van der Waals surface area contributed by atoms with Crippen LogP contribution in [0.2, 0.25) is 0 Å². The Morgan fingerprint density at radius 2 is 1.69 bits per heavy atom. The second-order valence-electron chi connectivity index (χ2n) is 7.75. The van der Waals surface area contributed by atoms with Crippen LogP contribution in [0.3, 0.4) is 0 Å². The minimum absolute atomic E-state index is 0.0182. The van der Waals surface area contributed by atoms with Crippen molar-refractivity contribution in [2.45, 2.75) is 64.6 Å². The lowest BCUT2D eigenvalue weighted by atomic mass is 10.1. The van der Waals surface area contributed by atoms with Crippen LogP contribution in [0.1, 0.15) is 78.3 Å². The lowest BCUT2D eigenvalue weighted by Gasteiger charge is -2.18. The molecule has 0 saturated heterocycles. The Balaban J connectivity index is 1.90. The first kappa shape index (κ1) is 20.8. The first-order valence-electron chi connectivity index (χ1n) is 10.4. The van der Waals surface area contributed by atoms with Gasteiger partial charge in [0.25, 0.3) is 11.8 Å². The van der Waals surface area contributed by atoms with E-state index in [1.807, 2.05) is 48.7 Å². The molecule has 0 bridgehead atoms. The molecule has 6 heteroatoms. The van der Waals surface area contributed by atoms with Crippen LogP contribution in [0.25, 0.3) is 0 Å². The first-order chi connectivity index (χ1) is 14.0. The fourth-order valence-corrected chi connectivity index (χ4v) is 3.61. The van der Waals surface area contributed by atoms with Crippen molar-refractivity contribution in [3.8, 4) is 0 Å². The Hall–Kier alpha value is -2.89. The Labute approximate surface area is 171 Å². The highest BCUT2D eigenvalue weighted by atomic mass is 16.2. The van der Waals surface area contributed by atoms with E-state index in [2.05, 4.69) is 10.6 Å². The number of aromatic nitrogens is 1. The zero-order valence-corrected chi connectivity index (χ0v) is 17.1. The van der Waals surface area contributed by atoms with Gasteiger partial charge >= 0.3 is 0 Å².